The third-order valence-electron chi connectivity index (χ3n) is 2.33. The predicted molar refractivity (Wildman–Crippen MR) is 65.2 cm³/mol. The van der Waals surface area contributed by atoms with Gasteiger partial charge < -0.3 is 4.90 Å². The first-order valence-corrected chi connectivity index (χ1v) is 6.16. The molecule has 0 bridgehead atoms. The standard InChI is InChI=1S/C11H15N3S/c1-9(8-15-3)14(2)11-4-5-13-10(6-11)7-12/h4-6,9H,8H2,1-3H3. The number of hydrogen-bond acceptors (Lipinski definition) is 4. The number of nitrogens with zero attached hydrogens (tertiary/aromatic N) is 3. The van der Waals surface area contributed by atoms with Crippen LogP contribution in [0.4, 0.5) is 5.69 Å². The molecule has 15 heavy (non-hydrogen) atoms. The molecule has 1 rings (SSSR count). The molecule has 1 atom stereocenters. The van der Waals surface area contributed by atoms with Crippen LogP contribution >= 0.6 is 11.8 Å². The number of hydrogen-bond donors (Lipinski definition) is 0. The molecule has 0 saturated heterocycles. The number of aromatic nitrogens is 1. The Morgan fingerprint density at radius 2 is 2.40 bits per heavy atom. The summed E-state index contributed by atoms with van der Waals surface area (Å²) >= 11 is 1.82. The molecule has 0 fully saturated rings. The van der Waals surface area contributed by atoms with Crippen LogP contribution < -0.4 is 4.90 Å². The number of nitriles is 1. The highest BCUT2D eigenvalue weighted by atomic mass is 32.2. The molecule has 80 valence electrons. The van der Waals surface area contributed by atoms with E-state index in [1.165, 1.54) is 0 Å². The van der Waals surface area contributed by atoms with E-state index in [1.54, 1.807) is 6.20 Å². The van der Waals surface area contributed by atoms with Crippen molar-refractivity contribution in [3.63, 3.8) is 0 Å². The first kappa shape index (κ1) is 11.9. The van der Waals surface area contributed by atoms with Crippen LogP contribution in [0.15, 0.2) is 18.3 Å². The van der Waals surface area contributed by atoms with E-state index >= 15 is 0 Å². The maximum absolute atomic E-state index is 8.75. The van der Waals surface area contributed by atoms with Gasteiger partial charge in [0, 0.05) is 30.7 Å². The lowest BCUT2D eigenvalue weighted by Gasteiger charge is -2.26. The van der Waals surface area contributed by atoms with Crippen LogP contribution in [0.1, 0.15) is 12.6 Å². The van der Waals surface area contributed by atoms with Gasteiger partial charge >= 0.3 is 0 Å². The Morgan fingerprint density at radius 1 is 1.67 bits per heavy atom. The Kier molecular flexibility index (Phi) is 4.44. The third kappa shape index (κ3) is 3.14. The van der Waals surface area contributed by atoms with Gasteiger partial charge in [-0.1, -0.05) is 0 Å². The van der Waals surface area contributed by atoms with E-state index in [1.807, 2.05) is 30.9 Å². The first-order valence-electron chi connectivity index (χ1n) is 4.77. The molecule has 0 amide bonds. The zero-order valence-corrected chi connectivity index (χ0v) is 10.1. The van der Waals surface area contributed by atoms with Crippen molar-refractivity contribution in [1.82, 2.24) is 4.98 Å². The second-order valence-corrected chi connectivity index (χ2v) is 4.34. The number of pyridine rings is 1. The summed E-state index contributed by atoms with van der Waals surface area (Å²) in [6, 6.07) is 6.25. The molecule has 0 N–H and O–H groups in total. The molecule has 0 aliphatic rings. The lowest BCUT2D eigenvalue weighted by Crippen LogP contribution is -2.30. The molecule has 0 aromatic carbocycles. The molecule has 0 aliphatic heterocycles. The van der Waals surface area contributed by atoms with Crippen LogP contribution in [-0.4, -0.2) is 30.1 Å². The third-order valence-corrected chi connectivity index (χ3v) is 3.15. The second kappa shape index (κ2) is 5.62. The predicted octanol–water partition coefficient (Wildman–Crippen LogP) is 2.14. The van der Waals surface area contributed by atoms with Crippen molar-refractivity contribution in [1.29, 1.82) is 5.26 Å². The molecule has 1 unspecified atom stereocenters. The monoisotopic (exact) mass is 221 g/mol. The van der Waals surface area contributed by atoms with E-state index in [-0.39, 0.29) is 0 Å². The van der Waals surface area contributed by atoms with Gasteiger partial charge in [0.05, 0.1) is 0 Å². The van der Waals surface area contributed by atoms with Gasteiger partial charge in [-0.05, 0) is 25.3 Å². The Bertz CT molecular complexity index is 359. The van der Waals surface area contributed by atoms with E-state index in [9.17, 15) is 0 Å². The molecular weight excluding hydrogens is 206 g/mol. The summed E-state index contributed by atoms with van der Waals surface area (Å²) < 4.78 is 0. The highest BCUT2D eigenvalue weighted by Crippen LogP contribution is 2.16. The van der Waals surface area contributed by atoms with Crippen LogP contribution in [0.3, 0.4) is 0 Å². The topological polar surface area (TPSA) is 39.9 Å². The maximum Gasteiger partial charge on any atom is 0.142 e. The lowest BCUT2D eigenvalue weighted by atomic mass is 10.2. The summed E-state index contributed by atoms with van der Waals surface area (Å²) in [5.74, 6) is 1.07. The quantitative estimate of drug-likeness (QED) is 0.781. The van der Waals surface area contributed by atoms with E-state index in [0.29, 0.717) is 11.7 Å². The normalized spacial score (nSPS) is 11.9. The Labute approximate surface area is 95.1 Å². The Morgan fingerprint density at radius 3 is 3.00 bits per heavy atom. The smallest absolute Gasteiger partial charge is 0.142 e. The Hall–Kier alpha value is -1.21. The van der Waals surface area contributed by atoms with Gasteiger partial charge in [-0.2, -0.15) is 17.0 Å². The molecule has 3 nitrogen and oxygen atoms in total. The minimum atomic E-state index is 0.453. The lowest BCUT2D eigenvalue weighted by molar-refractivity contribution is 0.764. The summed E-state index contributed by atoms with van der Waals surface area (Å²) in [4.78, 5) is 6.12. The van der Waals surface area contributed by atoms with Gasteiger partial charge in [-0.15, -0.1) is 0 Å². The van der Waals surface area contributed by atoms with E-state index < -0.39 is 0 Å². The average Bonchev–Trinajstić information content (AvgIpc) is 2.28. The zero-order chi connectivity index (χ0) is 11.3. The molecule has 1 aromatic rings. The molecule has 0 radical (unpaired) electrons. The van der Waals surface area contributed by atoms with Crippen LogP contribution in [-0.2, 0) is 0 Å². The number of rotatable bonds is 4. The van der Waals surface area contributed by atoms with Crippen LogP contribution in [0.25, 0.3) is 0 Å². The molecule has 0 aliphatic carbocycles. The molecule has 1 aromatic heterocycles. The summed E-state index contributed by atoms with van der Waals surface area (Å²) in [5.41, 5.74) is 1.51. The Balaban J connectivity index is 2.82. The van der Waals surface area contributed by atoms with Crippen molar-refractivity contribution in [2.45, 2.75) is 13.0 Å². The van der Waals surface area contributed by atoms with Crippen LogP contribution in [0.5, 0.6) is 0 Å². The van der Waals surface area contributed by atoms with E-state index in [2.05, 4.69) is 29.1 Å². The first-order chi connectivity index (χ1) is 7.19. The van der Waals surface area contributed by atoms with Crippen molar-refractivity contribution in [3.05, 3.63) is 24.0 Å². The SMILES string of the molecule is CSCC(C)N(C)c1ccnc(C#N)c1. The number of anilines is 1. The fourth-order valence-corrected chi connectivity index (χ4v) is 2.01. The van der Waals surface area contributed by atoms with E-state index in [4.69, 9.17) is 5.26 Å². The average molecular weight is 221 g/mol. The largest absolute Gasteiger partial charge is 0.371 e. The fraction of sp³-hybridized carbons (Fsp3) is 0.455. The summed E-state index contributed by atoms with van der Waals surface area (Å²) in [5, 5.41) is 8.75. The minimum absolute atomic E-state index is 0.453. The highest BCUT2D eigenvalue weighted by Gasteiger charge is 2.09. The summed E-state index contributed by atoms with van der Waals surface area (Å²) in [7, 11) is 2.04. The van der Waals surface area contributed by atoms with Gasteiger partial charge in [-0.3, -0.25) is 0 Å². The van der Waals surface area contributed by atoms with Gasteiger partial charge in [0.2, 0.25) is 0 Å². The van der Waals surface area contributed by atoms with Crippen molar-refractivity contribution in [2.75, 3.05) is 24.0 Å². The fourth-order valence-electron chi connectivity index (χ4n) is 1.31. The molecule has 1 heterocycles. The van der Waals surface area contributed by atoms with E-state index in [0.717, 1.165) is 11.4 Å². The minimum Gasteiger partial charge on any atom is -0.371 e. The van der Waals surface area contributed by atoms with Crippen LogP contribution in [0, 0.1) is 11.3 Å². The molecule has 0 saturated carbocycles. The number of thioether (sulfide) groups is 1. The van der Waals surface area contributed by atoms with Crippen molar-refractivity contribution >= 4 is 17.4 Å². The molecular formula is C11H15N3S. The second-order valence-electron chi connectivity index (χ2n) is 3.43. The van der Waals surface area contributed by atoms with Gasteiger partial charge in [-0.25, -0.2) is 4.98 Å². The van der Waals surface area contributed by atoms with Gasteiger partial charge in [0.1, 0.15) is 11.8 Å². The highest BCUT2D eigenvalue weighted by molar-refractivity contribution is 7.98. The van der Waals surface area contributed by atoms with Gasteiger partial charge in [0.25, 0.3) is 0 Å². The van der Waals surface area contributed by atoms with Crippen molar-refractivity contribution in [3.8, 4) is 6.07 Å². The molecule has 4 heteroatoms. The summed E-state index contributed by atoms with van der Waals surface area (Å²) in [6.45, 7) is 2.17. The summed E-state index contributed by atoms with van der Waals surface area (Å²) in [6.07, 6.45) is 3.77. The zero-order valence-electron chi connectivity index (χ0n) is 9.27. The van der Waals surface area contributed by atoms with Crippen molar-refractivity contribution in [2.24, 2.45) is 0 Å². The van der Waals surface area contributed by atoms with Gasteiger partial charge in [0.15, 0.2) is 0 Å². The maximum atomic E-state index is 8.75. The molecule has 0 spiro atoms. The van der Waals surface area contributed by atoms with Crippen LogP contribution in [0.2, 0.25) is 0 Å². The van der Waals surface area contributed by atoms with Crippen molar-refractivity contribution < 1.29 is 0 Å².